The largest absolute Gasteiger partial charge is 0.465 e. The number of cyclic esters (lactones) is 1. The maximum absolute atomic E-state index is 14.2. The van der Waals surface area contributed by atoms with Crippen LogP contribution in [-0.4, -0.2) is 82.8 Å². The predicted molar refractivity (Wildman–Crippen MR) is 130 cm³/mol. The average Bonchev–Trinajstić information content (AvgIpc) is 3.26. The van der Waals surface area contributed by atoms with Gasteiger partial charge in [0.1, 0.15) is 17.6 Å². The van der Waals surface area contributed by atoms with Crippen LogP contribution in [0.5, 0.6) is 0 Å². The summed E-state index contributed by atoms with van der Waals surface area (Å²) >= 11 is 0. The van der Waals surface area contributed by atoms with Gasteiger partial charge in [0.2, 0.25) is 11.8 Å². The van der Waals surface area contributed by atoms with E-state index < -0.39 is 41.6 Å². The standard InChI is InChI=1S/C27H40N2O6/c1-4-6-9-14-28-15-11-13-27-22(21-20(35-27)12-8-7-10-16-34-26(21)33)24(31)29(23(27)25(28)32)19(17-30)18(3)5-2/h8,11-13,18-23,30H,4-7,9-10,14-17H2,1-3H3/b12-8-/t18-,19-,20-,21+,22-,23?,27-/m0/s1. The Morgan fingerprint density at radius 2 is 1.97 bits per heavy atom. The highest BCUT2D eigenvalue weighted by Crippen LogP contribution is 2.54. The molecule has 2 fully saturated rings. The molecular weight excluding hydrogens is 448 g/mol. The van der Waals surface area contributed by atoms with Crippen molar-refractivity contribution in [3.8, 4) is 0 Å². The van der Waals surface area contributed by atoms with Crippen molar-refractivity contribution in [2.45, 2.75) is 83.1 Å². The van der Waals surface area contributed by atoms with Gasteiger partial charge in [-0.2, -0.15) is 0 Å². The number of aliphatic hydroxyl groups is 1. The third-order valence-electron chi connectivity index (χ3n) is 8.25. The van der Waals surface area contributed by atoms with Crippen LogP contribution in [0.1, 0.15) is 59.3 Å². The van der Waals surface area contributed by atoms with E-state index in [1.807, 2.05) is 38.2 Å². The van der Waals surface area contributed by atoms with Crippen molar-refractivity contribution in [1.82, 2.24) is 9.80 Å². The van der Waals surface area contributed by atoms with Crippen LogP contribution in [-0.2, 0) is 23.9 Å². The van der Waals surface area contributed by atoms with Crippen LogP contribution in [0.15, 0.2) is 24.3 Å². The normalized spacial score (nSPS) is 35.3. The molecule has 0 radical (unpaired) electrons. The molecule has 0 aromatic rings. The van der Waals surface area contributed by atoms with E-state index in [0.29, 0.717) is 26.1 Å². The second kappa shape index (κ2) is 10.8. The Kier molecular flexibility index (Phi) is 8.01. The highest BCUT2D eigenvalue weighted by atomic mass is 16.6. The summed E-state index contributed by atoms with van der Waals surface area (Å²) in [6.45, 7) is 7.16. The Hall–Kier alpha value is -2.19. The summed E-state index contributed by atoms with van der Waals surface area (Å²) in [6.07, 6.45) is 12.1. The molecule has 0 saturated carbocycles. The fourth-order valence-corrected chi connectivity index (χ4v) is 6.17. The number of allylic oxidation sites excluding steroid dienone is 1. The number of esters is 1. The van der Waals surface area contributed by atoms with Crippen molar-refractivity contribution in [2.24, 2.45) is 17.8 Å². The van der Waals surface area contributed by atoms with Gasteiger partial charge in [-0.15, -0.1) is 0 Å². The SMILES string of the molecule is CCCCCN1CC=C[C@]23O[C@H]4/C=C\CCCOC(=O)[C@H]4[C@H]2C(=O)N([C@@H](CO)[C@@H](C)CC)C3C1=O. The van der Waals surface area contributed by atoms with Gasteiger partial charge >= 0.3 is 5.97 Å². The molecule has 0 aliphatic carbocycles. The van der Waals surface area contributed by atoms with E-state index in [1.54, 1.807) is 9.80 Å². The van der Waals surface area contributed by atoms with Crippen LogP contribution in [0.25, 0.3) is 0 Å². The molecule has 4 rings (SSSR count). The van der Waals surface area contributed by atoms with Crippen molar-refractivity contribution in [3.05, 3.63) is 24.3 Å². The van der Waals surface area contributed by atoms with E-state index >= 15 is 0 Å². The number of carbonyl (C=O) groups is 3. The molecule has 0 aromatic heterocycles. The lowest BCUT2D eigenvalue weighted by atomic mass is 9.78. The molecule has 7 atom stereocenters. The first kappa shape index (κ1) is 25.9. The molecular formula is C27H40N2O6. The minimum absolute atomic E-state index is 0.0309. The van der Waals surface area contributed by atoms with E-state index in [2.05, 4.69) is 6.92 Å². The summed E-state index contributed by atoms with van der Waals surface area (Å²) in [5.74, 6) is -2.67. The van der Waals surface area contributed by atoms with Crippen LogP contribution in [0.4, 0.5) is 0 Å². The smallest absolute Gasteiger partial charge is 0.312 e. The fourth-order valence-electron chi connectivity index (χ4n) is 6.17. The quantitative estimate of drug-likeness (QED) is 0.320. The Morgan fingerprint density at radius 1 is 1.17 bits per heavy atom. The number of ether oxygens (including phenoxy) is 2. The summed E-state index contributed by atoms with van der Waals surface area (Å²) in [6, 6.07) is -1.47. The lowest BCUT2D eigenvalue weighted by Crippen LogP contribution is -2.59. The monoisotopic (exact) mass is 488 g/mol. The number of hydrogen-bond acceptors (Lipinski definition) is 6. The number of likely N-dealkylation sites (tertiary alicyclic amines) is 1. The van der Waals surface area contributed by atoms with Gasteiger partial charge in [0, 0.05) is 13.1 Å². The Bertz CT molecular complexity index is 872. The second-order valence-electron chi connectivity index (χ2n) is 10.4. The van der Waals surface area contributed by atoms with Crippen LogP contribution < -0.4 is 0 Å². The first-order valence-corrected chi connectivity index (χ1v) is 13.3. The number of hydrogen-bond donors (Lipinski definition) is 1. The summed E-state index contributed by atoms with van der Waals surface area (Å²) in [7, 11) is 0. The molecule has 2 amide bonds. The third-order valence-corrected chi connectivity index (χ3v) is 8.25. The molecule has 8 nitrogen and oxygen atoms in total. The van der Waals surface area contributed by atoms with Crippen molar-refractivity contribution >= 4 is 17.8 Å². The van der Waals surface area contributed by atoms with E-state index in [4.69, 9.17) is 9.47 Å². The molecule has 4 aliphatic rings. The molecule has 0 aromatic carbocycles. The number of amides is 2. The van der Waals surface area contributed by atoms with Gasteiger partial charge in [0.15, 0.2) is 0 Å². The zero-order valence-corrected chi connectivity index (χ0v) is 21.2. The summed E-state index contributed by atoms with van der Waals surface area (Å²) < 4.78 is 12.2. The number of rotatable bonds is 8. The molecule has 1 spiro atoms. The van der Waals surface area contributed by atoms with Gasteiger partial charge in [-0.05, 0) is 25.2 Å². The number of unbranched alkanes of at least 4 members (excludes halogenated alkanes) is 2. The van der Waals surface area contributed by atoms with E-state index in [-0.39, 0.29) is 24.3 Å². The van der Waals surface area contributed by atoms with Crippen LogP contribution in [0, 0.1) is 17.8 Å². The number of carbonyl (C=O) groups excluding carboxylic acids is 3. The maximum Gasteiger partial charge on any atom is 0.312 e. The number of nitrogens with zero attached hydrogens (tertiary/aromatic N) is 2. The van der Waals surface area contributed by atoms with E-state index in [1.165, 1.54) is 0 Å². The Morgan fingerprint density at radius 3 is 2.69 bits per heavy atom. The minimum Gasteiger partial charge on any atom is -0.465 e. The zero-order valence-electron chi connectivity index (χ0n) is 21.2. The van der Waals surface area contributed by atoms with E-state index in [0.717, 1.165) is 32.1 Å². The fraction of sp³-hybridized carbons (Fsp3) is 0.741. The lowest BCUT2D eigenvalue weighted by molar-refractivity contribution is -0.157. The van der Waals surface area contributed by atoms with Gasteiger partial charge in [-0.25, -0.2) is 0 Å². The molecule has 1 N–H and O–H groups in total. The Labute approximate surface area is 208 Å². The Balaban J connectivity index is 1.81. The molecule has 4 heterocycles. The predicted octanol–water partition coefficient (Wildman–Crippen LogP) is 2.46. The molecule has 8 heteroatoms. The van der Waals surface area contributed by atoms with Gasteiger partial charge in [0.05, 0.1) is 31.3 Å². The molecule has 4 aliphatic heterocycles. The number of fused-ring (bicyclic) bond motifs is 2. The zero-order chi connectivity index (χ0) is 25.2. The molecule has 0 bridgehead atoms. The molecule has 35 heavy (non-hydrogen) atoms. The maximum atomic E-state index is 14.2. The average molecular weight is 489 g/mol. The summed E-state index contributed by atoms with van der Waals surface area (Å²) in [4.78, 5) is 44.9. The van der Waals surface area contributed by atoms with Gasteiger partial charge in [0.25, 0.3) is 0 Å². The highest BCUT2D eigenvalue weighted by Gasteiger charge is 2.72. The van der Waals surface area contributed by atoms with Crippen LogP contribution >= 0.6 is 0 Å². The van der Waals surface area contributed by atoms with Crippen LogP contribution in [0.3, 0.4) is 0 Å². The first-order chi connectivity index (χ1) is 16.9. The van der Waals surface area contributed by atoms with Gasteiger partial charge in [-0.1, -0.05) is 64.3 Å². The third kappa shape index (κ3) is 4.44. The summed E-state index contributed by atoms with van der Waals surface area (Å²) in [5.41, 5.74) is -1.27. The molecule has 194 valence electrons. The topological polar surface area (TPSA) is 96.4 Å². The van der Waals surface area contributed by atoms with Crippen molar-refractivity contribution in [2.75, 3.05) is 26.3 Å². The van der Waals surface area contributed by atoms with Crippen molar-refractivity contribution in [1.29, 1.82) is 0 Å². The lowest BCUT2D eigenvalue weighted by Gasteiger charge is -2.40. The minimum atomic E-state index is -1.27. The second-order valence-corrected chi connectivity index (χ2v) is 10.4. The summed E-state index contributed by atoms with van der Waals surface area (Å²) in [5, 5.41) is 10.4. The first-order valence-electron chi connectivity index (χ1n) is 13.3. The van der Waals surface area contributed by atoms with Crippen molar-refractivity contribution in [3.63, 3.8) is 0 Å². The van der Waals surface area contributed by atoms with Crippen LogP contribution in [0.2, 0.25) is 0 Å². The van der Waals surface area contributed by atoms with Gasteiger partial charge < -0.3 is 24.4 Å². The van der Waals surface area contributed by atoms with Crippen molar-refractivity contribution < 1.29 is 29.0 Å². The molecule has 2 saturated heterocycles. The van der Waals surface area contributed by atoms with E-state index in [9.17, 15) is 19.5 Å². The highest BCUT2D eigenvalue weighted by molar-refractivity contribution is 5.99. The van der Waals surface area contributed by atoms with Gasteiger partial charge in [-0.3, -0.25) is 14.4 Å². The number of aliphatic hydroxyl groups excluding tert-OH is 1. The molecule has 1 unspecified atom stereocenters.